The molecule has 1 aliphatic carbocycles. The molecule has 2 aromatic rings. The van der Waals surface area contributed by atoms with Gasteiger partial charge in [-0.25, -0.2) is 0 Å². The van der Waals surface area contributed by atoms with Crippen molar-refractivity contribution in [1.29, 1.82) is 0 Å². The first-order valence-corrected chi connectivity index (χ1v) is 9.30. The number of anilines is 1. The number of esters is 1. The van der Waals surface area contributed by atoms with E-state index < -0.39 is 6.10 Å². The Morgan fingerprint density at radius 1 is 1.07 bits per heavy atom. The second-order valence-corrected chi connectivity index (χ2v) is 6.81. The van der Waals surface area contributed by atoms with Crippen molar-refractivity contribution >= 4 is 17.6 Å². The maximum Gasteiger partial charge on any atom is 0.306 e. The van der Waals surface area contributed by atoms with Gasteiger partial charge < -0.3 is 14.8 Å². The van der Waals surface area contributed by atoms with Gasteiger partial charge in [-0.1, -0.05) is 18.2 Å². The summed E-state index contributed by atoms with van der Waals surface area (Å²) in [6, 6.07) is 13.5. The quantitative estimate of drug-likeness (QED) is 0.758. The molecule has 0 bridgehead atoms. The molecular weight excluding hydrogens is 342 g/mol. The molecule has 5 heteroatoms. The molecule has 0 unspecified atom stereocenters. The highest BCUT2D eigenvalue weighted by atomic mass is 16.5. The Balaban J connectivity index is 1.46. The van der Waals surface area contributed by atoms with Crippen molar-refractivity contribution in [2.75, 3.05) is 12.4 Å². The van der Waals surface area contributed by atoms with Gasteiger partial charge in [-0.3, -0.25) is 9.59 Å². The van der Waals surface area contributed by atoms with Gasteiger partial charge in [0, 0.05) is 12.1 Å². The number of aryl methyl sites for hydroxylation is 3. The Kier molecular flexibility index (Phi) is 6.12. The van der Waals surface area contributed by atoms with Gasteiger partial charge in [0.1, 0.15) is 5.75 Å². The highest BCUT2D eigenvalue weighted by molar-refractivity contribution is 5.95. The molecule has 1 N–H and O–H groups in total. The van der Waals surface area contributed by atoms with Gasteiger partial charge in [0.05, 0.1) is 7.11 Å². The maximum atomic E-state index is 12.3. The lowest BCUT2D eigenvalue weighted by molar-refractivity contribution is -0.153. The molecule has 1 aliphatic rings. The average molecular weight is 367 g/mol. The molecule has 0 spiro atoms. The number of fused-ring (bicyclic) bond motifs is 1. The second kappa shape index (κ2) is 8.71. The summed E-state index contributed by atoms with van der Waals surface area (Å²) >= 11 is 0. The zero-order chi connectivity index (χ0) is 19.2. The molecule has 3 rings (SSSR count). The highest BCUT2D eigenvalue weighted by Crippen LogP contribution is 2.25. The molecule has 2 aromatic carbocycles. The van der Waals surface area contributed by atoms with E-state index in [2.05, 4.69) is 11.4 Å². The fourth-order valence-electron chi connectivity index (χ4n) is 3.24. The molecule has 5 nitrogen and oxygen atoms in total. The van der Waals surface area contributed by atoms with E-state index in [1.807, 2.05) is 36.4 Å². The summed E-state index contributed by atoms with van der Waals surface area (Å²) in [5.74, 6) is 0.0753. The highest BCUT2D eigenvalue weighted by Gasteiger charge is 2.19. The van der Waals surface area contributed by atoms with E-state index in [1.54, 1.807) is 14.0 Å². The summed E-state index contributed by atoms with van der Waals surface area (Å²) in [4.78, 5) is 24.3. The van der Waals surface area contributed by atoms with Crippen LogP contribution in [0, 0.1) is 0 Å². The van der Waals surface area contributed by atoms with Crippen LogP contribution < -0.4 is 10.1 Å². The Morgan fingerprint density at radius 3 is 2.56 bits per heavy atom. The number of carbonyl (C=O) groups is 2. The predicted molar refractivity (Wildman–Crippen MR) is 104 cm³/mol. The first-order valence-electron chi connectivity index (χ1n) is 9.30. The number of hydrogen-bond acceptors (Lipinski definition) is 4. The molecule has 0 heterocycles. The van der Waals surface area contributed by atoms with Gasteiger partial charge in [0.25, 0.3) is 5.91 Å². The molecule has 27 heavy (non-hydrogen) atoms. The van der Waals surface area contributed by atoms with Crippen molar-refractivity contribution in [3.8, 4) is 5.75 Å². The van der Waals surface area contributed by atoms with Gasteiger partial charge in [-0.05, 0) is 73.6 Å². The van der Waals surface area contributed by atoms with Crippen LogP contribution in [0.3, 0.4) is 0 Å². The molecule has 0 aromatic heterocycles. The summed E-state index contributed by atoms with van der Waals surface area (Å²) in [6.45, 7) is 1.59. The topological polar surface area (TPSA) is 64.6 Å². The third kappa shape index (κ3) is 5.09. The Labute approximate surface area is 159 Å². The monoisotopic (exact) mass is 367 g/mol. The summed E-state index contributed by atoms with van der Waals surface area (Å²) < 4.78 is 10.4. The average Bonchev–Trinajstić information content (AvgIpc) is 3.14. The normalized spacial score (nSPS) is 13.6. The van der Waals surface area contributed by atoms with Crippen LogP contribution in [0.15, 0.2) is 42.5 Å². The molecule has 1 atom stereocenters. The SMILES string of the molecule is COc1ccc(CCC(=O)O[C@H](C)C(=O)Nc2ccc3c(c2)CCC3)cc1. The van der Waals surface area contributed by atoms with Crippen LogP contribution in [0.4, 0.5) is 5.69 Å². The molecule has 0 saturated heterocycles. The van der Waals surface area contributed by atoms with Crippen LogP contribution >= 0.6 is 0 Å². The van der Waals surface area contributed by atoms with Gasteiger partial charge >= 0.3 is 5.97 Å². The van der Waals surface area contributed by atoms with E-state index in [9.17, 15) is 9.59 Å². The van der Waals surface area contributed by atoms with Crippen LogP contribution in [0.1, 0.15) is 36.5 Å². The van der Waals surface area contributed by atoms with Crippen LogP contribution in [0.5, 0.6) is 5.75 Å². The molecule has 0 aliphatic heterocycles. The van der Waals surface area contributed by atoms with Crippen molar-refractivity contribution < 1.29 is 19.1 Å². The minimum absolute atomic E-state index is 0.225. The van der Waals surface area contributed by atoms with Crippen molar-refractivity contribution in [2.45, 2.75) is 45.1 Å². The first kappa shape index (κ1) is 19.0. The third-order valence-electron chi connectivity index (χ3n) is 4.82. The lowest BCUT2D eigenvalue weighted by Gasteiger charge is -2.14. The van der Waals surface area contributed by atoms with Gasteiger partial charge in [-0.15, -0.1) is 0 Å². The van der Waals surface area contributed by atoms with E-state index in [-0.39, 0.29) is 18.3 Å². The smallest absolute Gasteiger partial charge is 0.306 e. The minimum atomic E-state index is -0.832. The maximum absolute atomic E-state index is 12.3. The summed E-state index contributed by atoms with van der Waals surface area (Å²) in [5.41, 5.74) is 4.41. The molecule has 0 radical (unpaired) electrons. The Hall–Kier alpha value is -2.82. The van der Waals surface area contributed by atoms with E-state index in [4.69, 9.17) is 9.47 Å². The predicted octanol–water partition coefficient (Wildman–Crippen LogP) is 3.69. The Morgan fingerprint density at radius 2 is 1.81 bits per heavy atom. The van der Waals surface area contributed by atoms with Crippen molar-refractivity contribution in [2.24, 2.45) is 0 Å². The van der Waals surface area contributed by atoms with E-state index in [1.165, 1.54) is 11.1 Å². The summed E-state index contributed by atoms with van der Waals surface area (Å²) in [5, 5.41) is 2.83. The summed E-state index contributed by atoms with van der Waals surface area (Å²) in [6.07, 6.45) is 3.27. The van der Waals surface area contributed by atoms with E-state index in [0.29, 0.717) is 6.42 Å². The van der Waals surface area contributed by atoms with Gasteiger partial charge in [-0.2, -0.15) is 0 Å². The van der Waals surface area contributed by atoms with Crippen LogP contribution in [0.25, 0.3) is 0 Å². The number of ether oxygens (including phenoxy) is 2. The molecular formula is C22H25NO4. The Bertz CT molecular complexity index is 814. The fraction of sp³-hybridized carbons (Fsp3) is 0.364. The standard InChI is InChI=1S/C22H25NO4/c1-15(22(25)23-19-10-9-17-4-3-5-18(17)14-19)27-21(24)13-8-16-6-11-20(26-2)12-7-16/h6-7,9-12,14-15H,3-5,8,13H2,1-2H3,(H,23,25)/t15-/m1/s1. The van der Waals surface area contributed by atoms with E-state index >= 15 is 0 Å². The second-order valence-electron chi connectivity index (χ2n) is 6.81. The zero-order valence-corrected chi connectivity index (χ0v) is 15.8. The summed E-state index contributed by atoms with van der Waals surface area (Å²) in [7, 11) is 1.61. The number of hydrogen-bond donors (Lipinski definition) is 1. The third-order valence-corrected chi connectivity index (χ3v) is 4.82. The van der Waals surface area contributed by atoms with Gasteiger partial charge in [0.2, 0.25) is 0 Å². The number of carbonyl (C=O) groups excluding carboxylic acids is 2. The number of methoxy groups -OCH3 is 1. The largest absolute Gasteiger partial charge is 0.497 e. The van der Waals surface area contributed by atoms with E-state index in [0.717, 1.165) is 36.3 Å². The number of nitrogens with one attached hydrogen (secondary N) is 1. The number of amides is 1. The van der Waals surface area contributed by atoms with Crippen molar-refractivity contribution in [1.82, 2.24) is 0 Å². The first-order chi connectivity index (χ1) is 13.0. The van der Waals surface area contributed by atoms with Gasteiger partial charge in [0.15, 0.2) is 6.10 Å². The van der Waals surface area contributed by atoms with Crippen LogP contribution in [-0.2, 0) is 33.6 Å². The number of benzene rings is 2. The molecule has 142 valence electrons. The molecule has 0 fully saturated rings. The van der Waals surface area contributed by atoms with Crippen LogP contribution in [-0.4, -0.2) is 25.1 Å². The van der Waals surface area contributed by atoms with Crippen LogP contribution in [0.2, 0.25) is 0 Å². The zero-order valence-electron chi connectivity index (χ0n) is 15.8. The lowest BCUT2D eigenvalue weighted by atomic mass is 10.1. The van der Waals surface area contributed by atoms with Crippen molar-refractivity contribution in [3.05, 3.63) is 59.2 Å². The lowest BCUT2D eigenvalue weighted by Crippen LogP contribution is -2.30. The molecule has 1 amide bonds. The molecule has 0 saturated carbocycles. The minimum Gasteiger partial charge on any atom is -0.497 e. The number of rotatable bonds is 7. The van der Waals surface area contributed by atoms with Crippen molar-refractivity contribution in [3.63, 3.8) is 0 Å². The fourth-order valence-corrected chi connectivity index (χ4v) is 3.24.